The van der Waals surface area contributed by atoms with E-state index in [1.165, 1.54) is 0 Å². The number of pyridine rings is 1. The Labute approximate surface area is 142 Å². The summed E-state index contributed by atoms with van der Waals surface area (Å²) in [6, 6.07) is 11.5. The molecule has 0 radical (unpaired) electrons. The monoisotopic (exact) mass is 325 g/mol. The molecular formula is C19H23N3O2. The summed E-state index contributed by atoms with van der Waals surface area (Å²) in [6.07, 6.45) is 3.51. The molecule has 3 rings (SSSR count). The Bertz CT molecular complexity index is 690. The minimum atomic E-state index is 0.0717. The highest BCUT2D eigenvalue weighted by Crippen LogP contribution is 2.19. The molecule has 0 aliphatic carbocycles. The van der Waals surface area contributed by atoms with Crippen LogP contribution in [0.4, 0.5) is 0 Å². The van der Waals surface area contributed by atoms with Crippen LogP contribution in [0.15, 0.2) is 48.8 Å². The average Bonchev–Trinajstić information content (AvgIpc) is 2.61. The van der Waals surface area contributed by atoms with E-state index in [2.05, 4.69) is 23.9 Å². The highest BCUT2D eigenvalue weighted by Gasteiger charge is 2.26. The topological polar surface area (TPSA) is 45.7 Å². The molecular weight excluding hydrogens is 302 g/mol. The summed E-state index contributed by atoms with van der Waals surface area (Å²) in [4.78, 5) is 21.1. The Morgan fingerprint density at radius 1 is 1.29 bits per heavy atom. The molecule has 0 spiro atoms. The molecule has 0 saturated carbocycles. The number of carbonyl (C=O) groups is 1. The van der Waals surface area contributed by atoms with Crippen LogP contribution in [-0.4, -0.2) is 53.4 Å². The smallest absolute Gasteiger partial charge is 0.254 e. The molecule has 0 bridgehead atoms. The van der Waals surface area contributed by atoms with Gasteiger partial charge in [0.15, 0.2) is 0 Å². The molecule has 2 heterocycles. The van der Waals surface area contributed by atoms with Crippen molar-refractivity contribution in [3.8, 4) is 5.75 Å². The number of likely N-dealkylation sites (N-methyl/N-ethyl adjacent to an activating group) is 1. The van der Waals surface area contributed by atoms with Gasteiger partial charge in [-0.1, -0.05) is 12.1 Å². The molecule has 1 aliphatic heterocycles. The average molecular weight is 325 g/mol. The molecule has 1 aromatic heterocycles. The molecule has 1 saturated heterocycles. The highest BCUT2D eigenvalue weighted by molar-refractivity contribution is 5.94. The minimum Gasteiger partial charge on any atom is -0.489 e. The third kappa shape index (κ3) is 3.92. The van der Waals surface area contributed by atoms with E-state index in [9.17, 15) is 4.79 Å². The standard InChI is InChI=1S/C19H23N3O2/c1-15-13-21(2)9-10-22(15)19(23)17-6-3-7-18(11-17)24-14-16-5-4-8-20-12-16/h3-8,11-12,15H,9-10,13-14H2,1-2H3/t15-/m0/s1. The van der Waals surface area contributed by atoms with Gasteiger partial charge in [-0.25, -0.2) is 0 Å². The molecule has 2 aromatic rings. The zero-order valence-electron chi connectivity index (χ0n) is 14.2. The van der Waals surface area contributed by atoms with Gasteiger partial charge in [-0.15, -0.1) is 0 Å². The molecule has 1 aromatic carbocycles. The number of amides is 1. The SMILES string of the molecule is C[C@H]1CN(C)CCN1C(=O)c1cccc(OCc2cccnc2)c1. The maximum atomic E-state index is 12.8. The van der Waals surface area contributed by atoms with E-state index >= 15 is 0 Å². The summed E-state index contributed by atoms with van der Waals surface area (Å²) in [5.74, 6) is 0.772. The van der Waals surface area contributed by atoms with E-state index in [0.717, 1.165) is 25.2 Å². The fourth-order valence-corrected chi connectivity index (χ4v) is 2.98. The van der Waals surface area contributed by atoms with Gasteiger partial charge in [-0.2, -0.15) is 0 Å². The van der Waals surface area contributed by atoms with Crippen LogP contribution >= 0.6 is 0 Å². The van der Waals surface area contributed by atoms with Crippen LogP contribution in [0.3, 0.4) is 0 Å². The Balaban J connectivity index is 1.67. The number of rotatable bonds is 4. The predicted octanol–water partition coefficient (Wildman–Crippen LogP) is 2.44. The van der Waals surface area contributed by atoms with Crippen molar-refractivity contribution in [1.82, 2.24) is 14.8 Å². The Morgan fingerprint density at radius 2 is 2.17 bits per heavy atom. The molecule has 1 fully saturated rings. The van der Waals surface area contributed by atoms with Crippen LogP contribution in [0.25, 0.3) is 0 Å². The van der Waals surface area contributed by atoms with E-state index < -0.39 is 0 Å². The van der Waals surface area contributed by atoms with Crippen LogP contribution in [0.2, 0.25) is 0 Å². The first-order valence-electron chi connectivity index (χ1n) is 8.25. The van der Waals surface area contributed by atoms with Crippen molar-refractivity contribution in [3.05, 3.63) is 59.9 Å². The predicted molar refractivity (Wildman–Crippen MR) is 93.0 cm³/mol. The maximum Gasteiger partial charge on any atom is 0.254 e. The van der Waals surface area contributed by atoms with E-state index in [-0.39, 0.29) is 11.9 Å². The summed E-state index contributed by atoms with van der Waals surface area (Å²) in [6.45, 7) is 5.11. The summed E-state index contributed by atoms with van der Waals surface area (Å²) in [5, 5.41) is 0. The third-order valence-electron chi connectivity index (χ3n) is 4.30. The minimum absolute atomic E-state index is 0.0717. The van der Waals surface area contributed by atoms with E-state index in [0.29, 0.717) is 17.9 Å². The van der Waals surface area contributed by atoms with Gasteiger partial charge in [-0.3, -0.25) is 9.78 Å². The first kappa shape index (κ1) is 16.5. The first-order chi connectivity index (χ1) is 11.6. The van der Waals surface area contributed by atoms with Crippen LogP contribution in [0.1, 0.15) is 22.8 Å². The highest BCUT2D eigenvalue weighted by atomic mass is 16.5. The van der Waals surface area contributed by atoms with Crippen LogP contribution in [-0.2, 0) is 6.61 Å². The summed E-state index contributed by atoms with van der Waals surface area (Å²) >= 11 is 0. The lowest BCUT2D eigenvalue weighted by atomic mass is 10.1. The largest absolute Gasteiger partial charge is 0.489 e. The summed E-state index contributed by atoms with van der Waals surface area (Å²) in [5.41, 5.74) is 1.68. The maximum absolute atomic E-state index is 12.8. The lowest BCUT2D eigenvalue weighted by Gasteiger charge is -2.38. The molecule has 1 atom stereocenters. The lowest BCUT2D eigenvalue weighted by molar-refractivity contribution is 0.0533. The summed E-state index contributed by atoms with van der Waals surface area (Å²) < 4.78 is 5.80. The van der Waals surface area contributed by atoms with Crippen molar-refractivity contribution in [1.29, 1.82) is 0 Å². The number of carbonyl (C=O) groups excluding carboxylic acids is 1. The van der Waals surface area contributed by atoms with Gasteiger partial charge in [0.2, 0.25) is 0 Å². The number of piperazine rings is 1. The lowest BCUT2D eigenvalue weighted by Crippen LogP contribution is -2.52. The van der Waals surface area contributed by atoms with Gasteiger partial charge in [0, 0.05) is 49.2 Å². The quantitative estimate of drug-likeness (QED) is 0.866. The van der Waals surface area contributed by atoms with Gasteiger partial charge in [-0.05, 0) is 38.2 Å². The van der Waals surface area contributed by atoms with Crippen LogP contribution < -0.4 is 4.74 Å². The Hall–Kier alpha value is -2.40. The second-order valence-corrected chi connectivity index (χ2v) is 6.29. The van der Waals surface area contributed by atoms with Crippen molar-refractivity contribution >= 4 is 5.91 Å². The number of nitrogens with zero attached hydrogens (tertiary/aromatic N) is 3. The molecule has 126 valence electrons. The number of hydrogen-bond donors (Lipinski definition) is 0. The first-order valence-corrected chi connectivity index (χ1v) is 8.25. The van der Waals surface area contributed by atoms with Crippen molar-refractivity contribution in [2.75, 3.05) is 26.7 Å². The molecule has 5 heteroatoms. The van der Waals surface area contributed by atoms with Crippen molar-refractivity contribution in [2.24, 2.45) is 0 Å². The summed E-state index contributed by atoms with van der Waals surface area (Å²) in [7, 11) is 2.09. The molecule has 5 nitrogen and oxygen atoms in total. The van der Waals surface area contributed by atoms with Gasteiger partial charge in [0.05, 0.1) is 0 Å². The number of aromatic nitrogens is 1. The Kier molecular flexibility index (Phi) is 5.11. The normalized spacial score (nSPS) is 18.4. The number of hydrogen-bond acceptors (Lipinski definition) is 4. The van der Waals surface area contributed by atoms with Gasteiger partial charge >= 0.3 is 0 Å². The van der Waals surface area contributed by atoms with Crippen LogP contribution in [0, 0.1) is 0 Å². The number of benzene rings is 1. The van der Waals surface area contributed by atoms with Gasteiger partial charge in [0.1, 0.15) is 12.4 Å². The second kappa shape index (κ2) is 7.45. The zero-order valence-corrected chi connectivity index (χ0v) is 14.2. The van der Waals surface area contributed by atoms with E-state index in [1.807, 2.05) is 41.3 Å². The molecule has 1 aliphatic rings. The van der Waals surface area contributed by atoms with Crippen molar-refractivity contribution in [3.63, 3.8) is 0 Å². The third-order valence-corrected chi connectivity index (χ3v) is 4.30. The van der Waals surface area contributed by atoms with Crippen molar-refractivity contribution < 1.29 is 9.53 Å². The fraction of sp³-hybridized carbons (Fsp3) is 0.368. The number of ether oxygens (including phenoxy) is 1. The Morgan fingerprint density at radius 3 is 2.92 bits per heavy atom. The van der Waals surface area contributed by atoms with Gasteiger partial charge in [0.25, 0.3) is 5.91 Å². The molecule has 1 amide bonds. The van der Waals surface area contributed by atoms with Crippen LogP contribution in [0.5, 0.6) is 5.75 Å². The second-order valence-electron chi connectivity index (χ2n) is 6.29. The molecule has 24 heavy (non-hydrogen) atoms. The van der Waals surface area contributed by atoms with E-state index in [4.69, 9.17) is 4.74 Å². The zero-order chi connectivity index (χ0) is 16.9. The fourth-order valence-electron chi connectivity index (χ4n) is 2.98. The van der Waals surface area contributed by atoms with Crippen molar-refractivity contribution in [2.45, 2.75) is 19.6 Å². The van der Waals surface area contributed by atoms with Gasteiger partial charge < -0.3 is 14.5 Å². The molecule has 0 unspecified atom stereocenters. The molecule has 0 N–H and O–H groups in total. The van der Waals surface area contributed by atoms with E-state index in [1.54, 1.807) is 12.4 Å².